The average molecular weight is 260 g/mol. The van der Waals surface area contributed by atoms with Crippen molar-refractivity contribution >= 4 is 24.0 Å². The average Bonchev–Trinajstić information content (AvgIpc) is 2.01. The highest BCUT2D eigenvalue weighted by Gasteiger charge is 2.38. The minimum Gasteiger partial charge on any atom is -0.316 e. The molecule has 2 N–H and O–H groups in total. The number of aryl methyl sites for hydroxylation is 1. The van der Waals surface area contributed by atoms with Crippen molar-refractivity contribution in [3.05, 3.63) is 34.3 Å². The zero-order valence-corrected chi connectivity index (χ0v) is 9.38. The van der Waals surface area contributed by atoms with E-state index in [1.807, 2.05) is 0 Å². The van der Waals surface area contributed by atoms with Crippen LogP contribution in [-0.2, 0) is 0 Å². The lowest BCUT2D eigenvalue weighted by Crippen LogP contribution is -2.29. The molecule has 6 heteroatoms. The second kappa shape index (κ2) is 5.05. The van der Waals surface area contributed by atoms with Gasteiger partial charge in [-0.1, -0.05) is 17.7 Å². The maximum absolute atomic E-state index is 12.3. The van der Waals surface area contributed by atoms with E-state index < -0.39 is 12.2 Å². The van der Waals surface area contributed by atoms with Gasteiger partial charge in [-0.25, -0.2) is 0 Å². The molecule has 15 heavy (non-hydrogen) atoms. The Morgan fingerprint density at radius 3 is 2.27 bits per heavy atom. The summed E-state index contributed by atoms with van der Waals surface area (Å²) in [4.78, 5) is 0. The molecule has 0 aliphatic rings. The van der Waals surface area contributed by atoms with Gasteiger partial charge in [0, 0.05) is 5.02 Å². The zero-order valence-electron chi connectivity index (χ0n) is 7.81. The summed E-state index contributed by atoms with van der Waals surface area (Å²) in [5.41, 5.74) is 5.56. The van der Waals surface area contributed by atoms with Crippen LogP contribution in [0.1, 0.15) is 17.2 Å². The van der Waals surface area contributed by atoms with Crippen LogP contribution in [0, 0.1) is 6.92 Å². The van der Waals surface area contributed by atoms with Crippen molar-refractivity contribution in [1.29, 1.82) is 0 Å². The number of hydrogen-bond donors (Lipinski definition) is 1. The minimum atomic E-state index is -4.42. The Balaban J connectivity index is 0.00000196. The van der Waals surface area contributed by atoms with Gasteiger partial charge in [-0.2, -0.15) is 13.2 Å². The third-order valence-electron chi connectivity index (χ3n) is 1.92. The number of halogens is 5. The molecule has 0 aromatic heterocycles. The SMILES string of the molecule is Cc1cc(Cl)ccc1[C@H](N)C(F)(F)F.Cl. The van der Waals surface area contributed by atoms with E-state index in [4.69, 9.17) is 17.3 Å². The number of benzene rings is 1. The normalized spacial score (nSPS) is 13.2. The predicted molar refractivity (Wildman–Crippen MR) is 56.4 cm³/mol. The molecule has 0 aliphatic heterocycles. The van der Waals surface area contributed by atoms with Gasteiger partial charge in [0.05, 0.1) is 0 Å². The highest BCUT2D eigenvalue weighted by Crippen LogP contribution is 2.32. The molecule has 1 aromatic rings. The first kappa shape index (κ1) is 14.5. The van der Waals surface area contributed by atoms with E-state index in [-0.39, 0.29) is 18.0 Å². The van der Waals surface area contributed by atoms with Crippen molar-refractivity contribution in [2.24, 2.45) is 5.73 Å². The summed E-state index contributed by atoms with van der Waals surface area (Å²) in [7, 11) is 0. The molecule has 0 heterocycles. The lowest BCUT2D eigenvalue weighted by atomic mass is 10.0. The molecule has 0 radical (unpaired) electrons. The van der Waals surface area contributed by atoms with E-state index in [0.717, 1.165) is 0 Å². The molecule has 1 atom stereocenters. The van der Waals surface area contributed by atoms with E-state index in [1.165, 1.54) is 18.2 Å². The van der Waals surface area contributed by atoms with E-state index in [1.54, 1.807) is 6.92 Å². The molecular formula is C9H10Cl2F3N. The summed E-state index contributed by atoms with van der Waals surface area (Å²) < 4.78 is 36.8. The topological polar surface area (TPSA) is 26.0 Å². The first-order chi connectivity index (χ1) is 6.32. The molecule has 0 saturated heterocycles. The van der Waals surface area contributed by atoms with Crippen LogP contribution in [0.15, 0.2) is 18.2 Å². The fraction of sp³-hybridized carbons (Fsp3) is 0.333. The maximum atomic E-state index is 12.3. The van der Waals surface area contributed by atoms with E-state index in [2.05, 4.69) is 0 Å². The van der Waals surface area contributed by atoms with Gasteiger partial charge >= 0.3 is 6.18 Å². The summed E-state index contributed by atoms with van der Waals surface area (Å²) in [5.74, 6) is 0. The summed E-state index contributed by atoms with van der Waals surface area (Å²) in [6.45, 7) is 1.55. The molecule has 0 spiro atoms. The Kier molecular flexibility index (Phi) is 4.90. The van der Waals surface area contributed by atoms with Crippen LogP contribution >= 0.6 is 24.0 Å². The Bertz CT molecular complexity index is 339. The monoisotopic (exact) mass is 259 g/mol. The molecule has 0 saturated carbocycles. The van der Waals surface area contributed by atoms with Crippen molar-refractivity contribution in [2.75, 3.05) is 0 Å². The van der Waals surface area contributed by atoms with Gasteiger partial charge in [-0.3, -0.25) is 0 Å². The molecule has 1 rings (SSSR count). The fourth-order valence-electron chi connectivity index (χ4n) is 1.16. The van der Waals surface area contributed by atoms with Crippen LogP contribution < -0.4 is 5.73 Å². The van der Waals surface area contributed by atoms with Crippen LogP contribution in [0.3, 0.4) is 0 Å². The minimum absolute atomic E-state index is 0. The fourth-order valence-corrected chi connectivity index (χ4v) is 1.39. The standard InChI is InChI=1S/C9H9ClF3N.ClH/c1-5-4-6(10)2-3-7(5)8(14)9(11,12)13;/h2-4,8H,14H2,1H3;1H/t8-;/m0./s1. The molecule has 1 aromatic carbocycles. The van der Waals surface area contributed by atoms with Crippen molar-refractivity contribution in [3.8, 4) is 0 Å². The number of hydrogen-bond acceptors (Lipinski definition) is 1. The lowest BCUT2D eigenvalue weighted by molar-refractivity contribution is -0.149. The van der Waals surface area contributed by atoms with E-state index in [9.17, 15) is 13.2 Å². The van der Waals surface area contributed by atoms with Gasteiger partial charge in [0.1, 0.15) is 6.04 Å². The Morgan fingerprint density at radius 1 is 1.33 bits per heavy atom. The molecule has 0 amide bonds. The molecule has 86 valence electrons. The predicted octanol–water partition coefficient (Wildman–Crippen LogP) is 3.63. The van der Waals surface area contributed by atoms with Crippen molar-refractivity contribution < 1.29 is 13.2 Å². The molecule has 0 aliphatic carbocycles. The van der Waals surface area contributed by atoms with Crippen molar-refractivity contribution in [1.82, 2.24) is 0 Å². The highest BCUT2D eigenvalue weighted by atomic mass is 35.5. The first-order valence-electron chi connectivity index (χ1n) is 3.90. The van der Waals surface area contributed by atoms with Gasteiger partial charge in [0.15, 0.2) is 0 Å². The van der Waals surface area contributed by atoms with Crippen LogP contribution in [-0.4, -0.2) is 6.18 Å². The van der Waals surface area contributed by atoms with Crippen molar-refractivity contribution in [3.63, 3.8) is 0 Å². The third kappa shape index (κ3) is 3.55. The lowest BCUT2D eigenvalue weighted by Gasteiger charge is -2.17. The second-order valence-electron chi connectivity index (χ2n) is 3.02. The number of rotatable bonds is 1. The quantitative estimate of drug-likeness (QED) is 0.819. The second-order valence-corrected chi connectivity index (χ2v) is 3.46. The number of alkyl halides is 3. The smallest absolute Gasteiger partial charge is 0.316 e. The van der Waals surface area contributed by atoms with Gasteiger partial charge in [-0.15, -0.1) is 12.4 Å². The molecule has 0 unspecified atom stereocenters. The summed E-state index contributed by atoms with van der Waals surface area (Å²) in [5, 5.41) is 0.403. The molecule has 1 nitrogen and oxygen atoms in total. The molecular weight excluding hydrogens is 250 g/mol. The third-order valence-corrected chi connectivity index (χ3v) is 2.15. The Labute approximate surface area is 96.8 Å². The summed E-state index contributed by atoms with van der Waals surface area (Å²) in [6, 6.07) is 2.22. The van der Waals surface area contributed by atoms with E-state index in [0.29, 0.717) is 10.6 Å². The summed E-state index contributed by atoms with van der Waals surface area (Å²) in [6.07, 6.45) is -4.42. The van der Waals surface area contributed by atoms with Crippen molar-refractivity contribution in [2.45, 2.75) is 19.1 Å². The van der Waals surface area contributed by atoms with Gasteiger partial charge in [0.25, 0.3) is 0 Å². The first-order valence-corrected chi connectivity index (χ1v) is 4.28. The van der Waals surface area contributed by atoms with Crippen LogP contribution in [0.25, 0.3) is 0 Å². The molecule has 0 bridgehead atoms. The zero-order chi connectivity index (χ0) is 10.9. The van der Waals surface area contributed by atoms with E-state index >= 15 is 0 Å². The highest BCUT2D eigenvalue weighted by molar-refractivity contribution is 6.30. The maximum Gasteiger partial charge on any atom is 0.407 e. The Morgan fingerprint density at radius 2 is 1.87 bits per heavy atom. The number of nitrogens with two attached hydrogens (primary N) is 1. The van der Waals surface area contributed by atoms with Crippen LogP contribution in [0.4, 0.5) is 13.2 Å². The van der Waals surface area contributed by atoms with Gasteiger partial charge in [-0.05, 0) is 30.2 Å². The largest absolute Gasteiger partial charge is 0.407 e. The Hall–Kier alpha value is -0.450. The van der Waals surface area contributed by atoms with Crippen LogP contribution in [0.5, 0.6) is 0 Å². The van der Waals surface area contributed by atoms with Gasteiger partial charge in [0.2, 0.25) is 0 Å². The van der Waals surface area contributed by atoms with Crippen LogP contribution in [0.2, 0.25) is 5.02 Å². The van der Waals surface area contributed by atoms with Gasteiger partial charge < -0.3 is 5.73 Å². The summed E-state index contributed by atoms with van der Waals surface area (Å²) >= 11 is 5.61. The molecule has 0 fully saturated rings.